The second-order valence-electron chi connectivity index (χ2n) is 1.67. The van der Waals surface area contributed by atoms with Gasteiger partial charge in [-0.25, -0.2) is 0 Å². The normalized spacial score (nSPS) is 14.4. The van der Waals surface area contributed by atoms with Crippen LogP contribution in [0.5, 0.6) is 0 Å². The summed E-state index contributed by atoms with van der Waals surface area (Å²) in [7, 11) is 0. The van der Waals surface area contributed by atoms with Gasteiger partial charge in [-0.05, 0) is 0 Å². The van der Waals surface area contributed by atoms with Crippen molar-refractivity contribution in [2.75, 3.05) is 0 Å². The molecule has 0 aliphatic carbocycles. The number of rotatable bonds is 1. The van der Waals surface area contributed by atoms with Crippen molar-refractivity contribution in [3.63, 3.8) is 0 Å². The number of hydrogen-bond donors (Lipinski definition) is 1. The van der Waals surface area contributed by atoms with E-state index in [4.69, 9.17) is 5.11 Å². The van der Waals surface area contributed by atoms with Crippen LogP contribution in [-0.4, -0.2) is 38.6 Å². The Bertz CT molecular complexity index is 217. The van der Waals surface area contributed by atoms with E-state index in [0.717, 1.165) is 0 Å². The van der Waals surface area contributed by atoms with E-state index in [2.05, 4.69) is 4.63 Å². The third-order valence-corrected chi connectivity index (χ3v) is 20.0. The molecule has 0 radical (unpaired) electrons. The standard InChI is InChI=1S/C4H4.CHO2.Ga.Sn/c1-3-4-2;2-1-3;;/h1-4H;(H,2,3);;. The summed E-state index contributed by atoms with van der Waals surface area (Å²) in [5.41, 5.74) is 0. The van der Waals surface area contributed by atoms with E-state index in [1.54, 1.807) is 0 Å². The Morgan fingerprint density at radius 3 is 2.67 bits per heavy atom. The molecular formula is C5H5GaO2Sn. The van der Waals surface area contributed by atoms with Gasteiger partial charge in [0.25, 0.3) is 0 Å². The minimum absolute atomic E-state index is 0.436. The summed E-state index contributed by atoms with van der Waals surface area (Å²) in [5.74, 6) is 0. The molecule has 0 fully saturated rings. The Morgan fingerprint density at radius 1 is 1.56 bits per heavy atom. The summed E-state index contributed by atoms with van der Waals surface area (Å²) in [4.78, 5) is 10.4. The first-order chi connectivity index (χ1) is 4.30. The molecule has 0 aromatic carbocycles. The molecule has 1 aliphatic heterocycles. The molecule has 0 aromatic rings. The fraction of sp³-hybridized carbons (Fsp3) is 0. The van der Waals surface area contributed by atoms with E-state index in [9.17, 15) is 4.79 Å². The molecule has 4 heteroatoms. The summed E-state index contributed by atoms with van der Waals surface area (Å²) >= 11 is -2.35. The predicted octanol–water partition coefficient (Wildman–Crippen LogP) is 0.564. The van der Waals surface area contributed by atoms with Gasteiger partial charge in [0.05, 0.1) is 0 Å². The first-order valence-corrected chi connectivity index (χ1v) is 16.8. The van der Waals surface area contributed by atoms with Crippen LogP contribution in [-0.2, 0) is 0 Å². The molecule has 0 atom stereocenters. The average molecular weight is 286 g/mol. The van der Waals surface area contributed by atoms with Crippen molar-refractivity contribution in [3.8, 4) is 0 Å². The first kappa shape index (κ1) is 7.49. The van der Waals surface area contributed by atoms with E-state index >= 15 is 0 Å². The Balaban J connectivity index is 2.84. The molecule has 1 rings (SSSR count). The summed E-state index contributed by atoms with van der Waals surface area (Å²) < 4.78 is 3.59. The van der Waals surface area contributed by atoms with Crippen LogP contribution in [0.15, 0.2) is 20.9 Å². The fourth-order valence-corrected chi connectivity index (χ4v) is 13.4. The zero-order valence-electron chi connectivity index (χ0n) is 4.74. The molecule has 0 amide bonds. The molecule has 2 nitrogen and oxygen atoms in total. The number of allylic oxidation sites excluding steroid dienone is 2. The van der Waals surface area contributed by atoms with Crippen LogP contribution in [0.2, 0.25) is 0 Å². The van der Waals surface area contributed by atoms with Gasteiger partial charge in [-0.2, -0.15) is 0 Å². The molecule has 9 heavy (non-hydrogen) atoms. The Labute approximate surface area is 63.9 Å². The number of hydrogen-bond acceptors (Lipinski definition) is 1. The third kappa shape index (κ3) is 2.23. The van der Waals surface area contributed by atoms with Crippen molar-refractivity contribution in [3.05, 3.63) is 20.9 Å². The van der Waals surface area contributed by atoms with Crippen molar-refractivity contribution in [1.29, 1.82) is 0 Å². The summed E-state index contributed by atoms with van der Waals surface area (Å²) in [5, 5.41) is 8.58. The SMILES string of the molecule is O=[C](O)[Sn]1=[Ga][CH]=CC=[CH]1. The molecule has 0 saturated carbocycles. The monoisotopic (exact) mass is 286 g/mol. The number of carboxylic acid groups (broad SMARTS) is 1. The van der Waals surface area contributed by atoms with Gasteiger partial charge in [0.2, 0.25) is 0 Å². The van der Waals surface area contributed by atoms with Crippen molar-refractivity contribution >= 4 is 33.5 Å². The van der Waals surface area contributed by atoms with Crippen LogP contribution in [0.3, 0.4) is 0 Å². The molecule has 1 heterocycles. The Kier molecular flexibility index (Phi) is 2.94. The van der Waals surface area contributed by atoms with Gasteiger partial charge in [-0.15, -0.1) is 0 Å². The van der Waals surface area contributed by atoms with E-state index in [1.165, 1.54) is 0 Å². The molecule has 1 N–H and O–H groups in total. The molecule has 0 bridgehead atoms. The quantitative estimate of drug-likeness (QED) is 0.715. The van der Waals surface area contributed by atoms with Gasteiger partial charge < -0.3 is 0 Å². The number of carbonyl (C=O) groups is 1. The van der Waals surface area contributed by atoms with Crippen molar-refractivity contribution in [2.45, 2.75) is 0 Å². The van der Waals surface area contributed by atoms with Crippen molar-refractivity contribution in [2.24, 2.45) is 0 Å². The predicted molar refractivity (Wildman–Crippen MR) is 37.8 cm³/mol. The van der Waals surface area contributed by atoms with Crippen molar-refractivity contribution in [1.82, 2.24) is 0 Å². The maximum atomic E-state index is 10.4. The van der Waals surface area contributed by atoms with E-state index in [1.807, 2.05) is 16.2 Å². The summed E-state index contributed by atoms with van der Waals surface area (Å²) in [6, 6.07) is 0. The molecule has 44 valence electrons. The maximum absolute atomic E-state index is 10.4. The first-order valence-electron chi connectivity index (χ1n) is 2.59. The van der Waals surface area contributed by atoms with Crippen LogP contribution in [0, 0.1) is 0 Å². The summed E-state index contributed by atoms with van der Waals surface area (Å²) in [6.45, 7) is 0. The van der Waals surface area contributed by atoms with Gasteiger partial charge in [0, 0.05) is 0 Å². The zero-order valence-corrected chi connectivity index (χ0v) is 10.0. The zero-order chi connectivity index (χ0) is 6.69. The molecule has 0 unspecified atom stereocenters. The van der Waals surface area contributed by atoms with Gasteiger partial charge in [0.15, 0.2) is 0 Å². The molecule has 0 spiro atoms. The molecule has 0 aromatic heterocycles. The Morgan fingerprint density at radius 2 is 2.33 bits per heavy atom. The van der Waals surface area contributed by atoms with Gasteiger partial charge in [-0.1, -0.05) is 0 Å². The van der Waals surface area contributed by atoms with Crippen LogP contribution in [0.1, 0.15) is 0 Å². The van der Waals surface area contributed by atoms with E-state index in [-0.39, 0.29) is 0 Å². The van der Waals surface area contributed by atoms with E-state index in [0.29, 0.717) is 0 Å². The second kappa shape index (κ2) is 3.53. The third-order valence-electron chi connectivity index (χ3n) is 1.02. The molecule has 1 aliphatic rings. The molecular weight excluding hydrogens is 280 g/mol. The van der Waals surface area contributed by atoms with Crippen LogP contribution in [0.4, 0.5) is 4.79 Å². The molecule has 0 saturated heterocycles. The van der Waals surface area contributed by atoms with Gasteiger partial charge in [-0.3, -0.25) is 0 Å². The van der Waals surface area contributed by atoms with E-state index < -0.39 is 33.5 Å². The summed E-state index contributed by atoms with van der Waals surface area (Å²) in [6.07, 6.45) is 3.87. The van der Waals surface area contributed by atoms with Crippen molar-refractivity contribution < 1.29 is 9.90 Å². The fourth-order valence-electron chi connectivity index (χ4n) is 0.581. The van der Waals surface area contributed by atoms with Crippen LogP contribution < -0.4 is 0 Å². The topological polar surface area (TPSA) is 37.3 Å². The van der Waals surface area contributed by atoms with Gasteiger partial charge in [0.1, 0.15) is 0 Å². The Hall–Kier alpha value is 0.385. The minimum atomic E-state index is -1.92. The van der Waals surface area contributed by atoms with Crippen LogP contribution >= 0.6 is 0 Å². The average Bonchev–Trinajstić information content (AvgIpc) is 1.90. The van der Waals surface area contributed by atoms with Gasteiger partial charge >= 0.3 is 64.3 Å². The van der Waals surface area contributed by atoms with Crippen LogP contribution in [0.25, 0.3) is 0 Å². The second-order valence-corrected chi connectivity index (χ2v) is 21.6.